The van der Waals surface area contributed by atoms with Gasteiger partial charge in [0.05, 0.1) is 0 Å². The Hall–Kier alpha value is -0.810. The summed E-state index contributed by atoms with van der Waals surface area (Å²) in [6.45, 7) is 6.00. The normalized spacial score (nSPS) is 10.8. The quantitative estimate of drug-likeness (QED) is 0.563. The van der Waals surface area contributed by atoms with E-state index in [2.05, 4.69) is 29.1 Å². The molecule has 0 bridgehead atoms. The van der Waals surface area contributed by atoms with Gasteiger partial charge in [-0.2, -0.15) is 0 Å². The van der Waals surface area contributed by atoms with Crippen LogP contribution in [0, 0.1) is 5.92 Å². The van der Waals surface area contributed by atoms with Crippen LogP contribution in [-0.2, 0) is 0 Å². The zero-order valence-corrected chi connectivity index (χ0v) is 10.8. The molecule has 1 aromatic rings. The maximum atomic E-state index is 5.45. The first-order chi connectivity index (χ1) is 7.72. The van der Waals surface area contributed by atoms with Crippen molar-refractivity contribution in [3.05, 3.63) is 12.3 Å². The van der Waals surface area contributed by atoms with Gasteiger partial charge in [-0.1, -0.05) is 13.8 Å². The minimum atomic E-state index is 0.671. The molecule has 0 aromatic carbocycles. The highest BCUT2D eigenvalue weighted by Crippen LogP contribution is 2.14. The van der Waals surface area contributed by atoms with Gasteiger partial charge in [0.1, 0.15) is 5.03 Å². The van der Waals surface area contributed by atoms with E-state index in [1.807, 2.05) is 6.07 Å². The fourth-order valence-electron chi connectivity index (χ4n) is 1.14. The van der Waals surface area contributed by atoms with Crippen molar-refractivity contribution in [2.75, 3.05) is 24.2 Å². The van der Waals surface area contributed by atoms with E-state index >= 15 is 0 Å². The maximum absolute atomic E-state index is 5.45. The largest absolute Gasteiger partial charge is 0.354 e. The molecule has 0 aliphatic rings. The highest BCUT2D eigenvalue weighted by Gasteiger charge is 2.00. The molecule has 0 radical (unpaired) electrons. The lowest BCUT2D eigenvalue weighted by atomic mass is 10.1. The molecule has 0 unspecified atom stereocenters. The van der Waals surface area contributed by atoms with Crippen LogP contribution in [0.1, 0.15) is 20.3 Å². The number of nitrogens with one attached hydrogen (secondary N) is 1. The van der Waals surface area contributed by atoms with Crippen LogP contribution in [0.4, 0.5) is 5.95 Å². The third kappa shape index (κ3) is 5.32. The Kier molecular flexibility index (Phi) is 6.18. The summed E-state index contributed by atoms with van der Waals surface area (Å²) in [6.07, 6.45) is 2.91. The van der Waals surface area contributed by atoms with Gasteiger partial charge in [-0.25, -0.2) is 9.97 Å². The second kappa shape index (κ2) is 7.46. The molecule has 1 rings (SSSR count). The molecular formula is C11H20N4S. The van der Waals surface area contributed by atoms with Crippen molar-refractivity contribution in [2.24, 2.45) is 11.7 Å². The summed E-state index contributed by atoms with van der Waals surface area (Å²) in [6, 6.07) is 1.91. The Bertz CT molecular complexity index is 304. The van der Waals surface area contributed by atoms with Gasteiger partial charge in [0, 0.05) is 25.0 Å². The van der Waals surface area contributed by atoms with Crippen LogP contribution in [-0.4, -0.2) is 28.8 Å². The standard InChI is InChI=1S/C11H20N4S/c1-9(2)3-6-13-11-14-7-4-10(15-11)16-8-5-12/h4,7,9H,3,5-6,8,12H2,1-2H3,(H,13,14,15). The average Bonchev–Trinajstić information content (AvgIpc) is 2.26. The van der Waals surface area contributed by atoms with E-state index in [-0.39, 0.29) is 0 Å². The van der Waals surface area contributed by atoms with E-state index in [9.17, 15) is 0 Å². The summed E-state index contributed by atoms with van der Waals surface area (Å²) < 4.78 is 0. The predicted octanol–water partition coefficient (Wildman–Crippen LogP) is 1.99. The molecule has 0 saturated carbocycles. The van der Waals surface area contributed by atoms with Crippen molar-refractivity contribution in [3.8, 4) is 0 Å². The smallest absolute Gasteiger partial charge is 0.223 e. The van der Waals surface area contributed by atoms with Crippen molar-refractivity contribution in [3.63, 3.8) is 0 Å². The molecular weight excluding hydrogens is 220 g/mol. The molecule has 0 amide bonds. The van der Waals surface area contributed by atoms with Crippen LogP contribution in [0.15, 0.2) is 17.3 Å². The lowest BCUT2D eigenvalue weighted by Gasteiger charge is -2.07. The van der Waals surface area contributed by atoms with E-state index in [0.717, 1.165) is 23.7 Å². The van der Waals surface area contributed by atoms with Gasteiger partial charge in [0.15, 0.2) is 0 Å². The minimum Gasteiger partial charge on any atom is -0.354 e. The molecule has 0 saturated heterocycles. The first-order valence-corrected chi connectivity index (χ1v) is 6.60. The van der Waals surface area contributed by atoms with E-state index < -0.39 is 0 Å². The van der Waals surface area contributed by atoms with E-state index in [0.29, 0.717) is 18.4 Å². The van der Waals surface area contributed by atoms with Gasteiger partial charge >= 0.3 is 0 Å². The fraction of sp³-hybridized carbons (Fsp3) is 0.636. The molecule has 90 valence electrons. The number of rotatable bonds is 7. The fourth-order valence-corrected chi connectivity index (χ4v) is 1.78. The average molecular weight is 240 g/mol. The highest BCUT2D eigenvalue weighted by atomic mass is 32.2. The number of anilines is 1. The van der Waals surface area contributed by atoms with Crippen molar-refractivity contribution >= 4 is 17.7 Å². The van der Waals surface area contributed by atoms with E-state index in [4.69, 9.17) is 5.73 Å². The van der Waals surface area contributed by atoms with Gasteiger partial charge < -0.3 is 11.1 Å². The molecule has 5 heteroatoms. The molecule has 0 fully saturated rings. The first-order valence-electron chi connectivity index (χ1n) is 5.62. The summed E-state index contributed by atoms with van der Waals surface area (Å²) >= 11 is 1.66. The number of nitrogens with two attached hydrogens (primary N) is 1. The summed E-state index contributed by atoms with van der Waals surface area (Å²) in [5.41, 5.74) is 5.45. The zero-order valence-electron chi connectivity index (χ0n) is 9.94. The van der Waals surface area contributed by atoms with E-state index in [1.54, 1.807) is 18.0 Å². The van der Waals surface area contributed by atoms with Gasteiger partial charge in [-0.05, 0) is 18.4 Å². The summed E-state index contributed by atoms with van der Waals surface area (Å²) in [5, 5.41) is 4.21. The second-order valence-electron chi connectivity index (χ2n) is 3.96. The molecule has 0 aliphatic heterocycles. The first kappa shape index (κ1) is 13.3. The highest BCUT2D eigenvalue weighted by molar-refractivity contribution is 7.99. The number of hydrogen-bond donors (Lipinski definition) is 2. The molecule has 0 atom stereocenters. The Labute approximate surface area is 101 Å². The SMILES string of the molecule is CC(C)CCNc1nccc(SCCN)n1. The maximum Gasteiger partial charge on any atom is 0.223 e. The minimum absolute atomic E-state index is 0.671. The lowest BCUT2D eigenvalue weighted by Crippen LogP contribution is -2.08. The topological polar surface area (TPSA) is 63.8 Å². The van der Waals surface area contributed by atoms with Crippen molar-refractivity contribution in [1.29, 1.82) is 0 Å². The van der Waals surface area contributed by atoms with Gasteiger partial charge in [-0.3, -0.25) is 0 Å². The van der Waals surface area contributed by atoms with Crippen LogP contribution in [0.3, 0.4) is 0 Å². The predicted molar refractivity (Wildman–Crippen MR) is 69.8 cm³/mol. The van der Waals surface area contributed by atoms with Crippen LogP contribution in [0.5, 0.6) is 0 Å². The molecule has 0 spiro atoms. The van der Waals surface area contributed by atoms with Gasteiger partial charge in [0.25, 0.3) is 0 Å². The van der Waals surface area contributed by atoms with Crippen LogP contribution >= 0.6 is 11.8 Å². The van der Waals surface area contributed by atoms with Crippen LogP contribution < -0.4 is 11.1 Å². The summed E-state index contributed by atoms with van der Waals surface area (Å²) in [7, 11) is 0. The Morgan fingerprint density at radius 2 is 2.31 bits per heavy atom. The molecule has 0 aliphatic carbocycles. The molecule has 16 heavy (non-hydrogen) atoms. The number of aromatic nitrogens is 2. The van der Waals surface area contributed by atoms with Gasteiger partial charge in [0.2, 0.25) is 5.95 Å². The second-order valence-corrected chi connectivity index (χ2v) is 5.08. The summed E-state index contributed by atoms with van der Waals surface area (Å²) in [4.78, 5) is 8.57. The Morgan fingerprint density at radius 3 is 3.00 bits per heavy atom. The number of thioether (sulfide) groups is 1. The van der Waals surface area contributed by atoms with Gasteiger partial charge in [-0.15, -0.1) is 11.8 Å². The number of nitrogens with zero attached hydrogens (tertiary/aromatic N) is 2. The van der Waals surface area contributed by atoms with Crippen molar-refractivity contribution < 1.29 is 0 Å². The van der Waals surface area contributed by atoms with Crippen LogP contribution in [0.2, 0.25) is 0 Å². The zero-order chi connectivity index (χ0) is 11.8. The third-order valence-electron chi connectivity index (χ3n) is 2.00. The summed E-state index contributed by atoms with van der Waals surface area (Å²) in [5.74, 6) is 2.30. The lowest BCUT2D eigenvalue weighted by molar-refractivity contribution is 0.605. The molecule has 3 N–H and O–H groups in total. The van der Waals surface area contributed by atoms with Crippen LogP contribution in [0.25, 0.3) is 0 Å². The number of hydrogen-bond acceptors (Lipinski definition) is 5. The van der Waals surface area contributed by atoms with E-state index in [1.165, 1.54) is 0 Å². The monoisotopic (exact) mass is 240 g/mol. The van der Waals surface area contributed by atoms with Crippen molar-refractivity contribution in [2.45, 2.75) is 25.3 Å². The third-order valence-corrected chi connectivity index (χ3v) is 2.97. The van der Waals surface area contributed by atoms with Crippen molar-refractivity contribution in [1.82, 2.24) is 9.97 Å². The Balaban J connectivity index is 2.40. The molecule has 4 nitrogen and oxygen atoms in total. The molecule has 1 heterocycles. The Morgan fingerprint density at radius 1 is 1.50 bits per heavy atom. The molecule has 1 aromatic heterocycles.